The number of amides is 1. The Morgan fingerprint density at radius 1 is 1.11 bits per heavy atom. The molecule has 1 amide bonds. The van der Waals surface area contributed by atoms with E-state index in [1.165, 1.54) is 0 Å². The summed E-state index contributed by atoms with van der Waals surface area (Å²) in [6.45, 7) is 2.52. The summed E-state index contributed by atoms with van der Waals surface area (Å²) in [5, 5.41) is 19.0. The van der Waals surface area contributed by atoms with Crippen LogP contribution in [0.2, 0.25) is 0 Å². The Bertz CT molecular complexity index is 977. The van der Waals surface area contributed by atoms with E-state index in [4.69, 9.17) is 9.47 Å². The van der Waals surface area contributed by atoms with Gasteiger partial charge in [-0.1, -0.05) is 31.5 Å². The molecule has 1 aromatic heterocycles. The minimum absolute atomic E-state index is 0.0160. The summed E-state index contributed by atoms with van der Waals surface area (Å²) in [4.78, 5) is 12.0. The third-order valence-electron chi connectivity index (χ3n) is 4.34. The van der Waals surface area contributed by atoms with Gasteiger partial charge in [-0.3, -0.25) is 4.79 Å². The molecule has 3 rings (SSSR count). The summed E-state index contributed by atoms with van der Waals surface area (Å²) in [7, 11) is 1.58. The Balaban J connectivity index is 1.73. The van der Waals surface area contributed by atoms with Crippen molar-refractivity contribution in [2.24, 2.45) is 10.2 Å². The van der Waals surface area contributed by atoms with Crippen LogP contribution in [0.15, 0.2) is 58.8 Å². The number of hydrogen-bond acceptors (Lipinski definition) is 5. The second kappa shape index (κ2) is 9.03. The van der Waals surface area contributed by atoms with E-state index < -0.39 is 5.91 Å². The van der Waals surface area contributed by atoms with Crippen LogP contribution >= 0.6 is 0 Å². The Labute approximate surface area is 163 Å². The zero-order chi connectivity index (χ0) is 19.9. The molecule has 0 radical (unpaired) electrons. The Kier molecular flexibility index (Phi) is 6.26. The number of aromatic hydroxyl groups is 1. The minimum atomic E-state index is -0.541. The molecule has 1 heterocycles. The van der Waals surface area contributed by atoms with Crippen LogP contribution in [0.1, 0.15) is 19.8 Å². The van der Waals surface area contributed by atoms with Gasteiger partial charge in [0, 0.05) is 11.9 Å². The first-order valence-corrected chi connectivity index (χ1v) is 9.15. The molecular weight excluding hydrogens is 358 g/mol. The van der Waals surface area contributed by atoms with Gasteiger partial charge >= 0.3 is 5.91 Å². The second-order valence-corrected chi connectivity index (χ2v) is 6.25. The average molecular weight is 381 g/mol. The van der Waals surface area contributed by atoms with Gasteiger partial charge in [0.2, 0.25) is 5.88 Å². The molecule has 0 aliphatic heterocycles. The van der Waals surface area contributed by atoms with Crippen molar-refractivity contribution in [3.05, 3.63) is 48.5 Å². The van der Waals surface area contributed by atoms with E-state index in [1.54, 1.807) is 35.9 Å². The molecule has 7 heteroatoms. The maximum Gasteiger partial charge on any atom is 0.302 e. The standard InChI is InChI=1S/C21H23N3O4/c1-3-4-13-24-18-8-6-5-7-17(18)20(21(24)26)23-22-19(25)14-28-16-11-9-15(27-2)10-12-16/h5-12,26H,3-4,13-14H2,1-2H3. The maximum atomic E-state index is 12.0. The molecule has 146 valence electrons. The number of para-hydroxylation sites is 1. The molecule has 0 atom stereocenters. The number of azo groups is 1. The molecule has 0 saturated carbocycles. The van der Waals surface area contributed by atoms with Gasteiger partial charge in [-0.05, 0) is 36.8 Å². The maximum absolute atomic E-state index is 12.0. The first-order chi connectivity index (χ1) is 13.6. The molecule has 0 aliphatic rings. The van der Waals surface area contributed by atoms with Crippen LogP contribution in [-0.4, -0.2) is 29.3 Å². The monoisotopic (exact) mass is 381 g/mol. The number of methoxy groups -OCH3 is 1. The van der Waals surface area contributed by atoms with E-state index in [-0.39, 0.29) is 12.5 Å². The van der Waals surface area contributed by atoms with Gasteiger partial charge in [0.05, 0.1) is 12.6 Å². The number of hydrogen-bond donors (Lipinski definition) is 1. The summed E-state index contributed by atoms with van der Waals surface area (Å²) in [6.07, 6.45) is 1.93. The number of aryl methyl sites for hydroxylation is 1. The third-order valence-corrected chi connectivity index (χ3v) is 4.34. The van der Waals surface area contributed by atoms with Crippen molar-refractivity contribution < 1.29 is 19.4 Å². The van der Waals surface area contributed by atoms with Crippen molar-refractivity contribution in [3.8, 4) is 17.4 Å². The van der Waals surface area contributed by atoms with Crippen LogP contribution < -0.4 is 9.47 Å². The highest BCUT2D eigenvalue weighted by Crippen LogP contribution is 2.38. The molecule has 0 fully saturated rings. The van der Waals surface area contributed by atoms with Crippen molar-refractivity contribution in [2.45, 2.75) is 26.3 Å². The van der Waals surface area contributed by atoms with E-state index in [1.807, 2.05) is 24.3 Å². The number of carbonyl (C=O) groups excluding carboxylic acids is 1. The predicted molar refractivity (Wildman–Crippen MR) is 107 cm³/mol. The number of unbranched alkanes of at least 4 members (excludes halogenated alkanes) is 1. The first-order valence-electron chi connectivity index (χ1n) is 9.15. The van der Waals surface area contributed by atoms with Crippen LogP contribution in [-0.2, 0) is 11.3 Å². The van der Waals surface area contributed by atoms with Crippen molar-refractivity contribution in [2.75, 3.05) is 13.7 Å². The number of benzene rings is 2. The zero-order valence-corrected chi connectivity index (χ0v) is 16.0. The van der Waals surface area contributed by atoms with Gasteiger partial charge in [-0.25, -0.2) is 0 Å². The highest BCUT2D eigenvalue weighted by atomic mass is 16.5. The van der Waals surface area contributed by atoms with Gasteiger partial charge in [-0.15, -0.1) is 10.2 Å². The van der Waals surface area contributed by atoms with Crippen LogP contribution in [0.25, 0.3) is 10.9 Å². The highest BCUT2D eigenvalue weighted by Gasteiger charge is 2.16. The number of aromatic nitrogens is 1. The minimum Gasteiger partial charge on any atom is -0.497 e. The normalized spacial score (nSPS) is 11.2. The molecule has 0 spiro atoms. The van der Waals surface area contributed by atoms with E-state index in [2.05, 4.69) is 17.2 Å². The largest absolute Gasteiger partial charge is 0.497 e. The van der Waals surface area contributed by atoms with Gasteiger partial charge in [-0.2, -0.15) is 0 Å². The molecular formula is C21H23N3O4. The molecule has 0 bridgehead atoms. The quantitative estimate of drug-likeness (QED) is 0.566. The average Bonchev–Trinajstić information content (AvgIpc) is 3.00. The number of nitrogens with zero attached hydrogens (tertiary/aromatic N) is 3. The highest BCUT2D eigenvalue weighted by molar-refractivity contribution is 5.95. The predicted octanol–water partition coefficient (Wildman–Crippen LogP) is 4.84. The van der Waals surface area contributed by atoms with Crippen molar-refractivity contribution in [3.63, 3.8) is 0 Å². The zero-order valence-electron chi connectivity index (χ0n) is 16.0. The summed E-state index contributed by atoms with van der Waals surface area (Å²) >= 11 is 0. The number of carbonyl (C=O) groups is 1. The van der Waals surface area contributed by atoms with Crippen LogP contribution in [0.4, 0.5) is 5.69 Å². The number of ether oxygens (including phenoxy) is 2. The van der Waals surface area contributed by atoms with Crippen molar-refractivity contribution >= 4 is 22.5 Å². The smallest absolute Gasteiger partial charge is 0.302 e. The summed E-state index contributed by atoms with van der Waals surface area (Å²) in [5.41, 5.74) is 1.16. The van der Waals surface area contributed by atoms with Gasteiger partial charge in [0.15, 0.2) is 12.3 Å². The van der Waals surface area contributed by atoms with Gasteiger partial charge in [0.25, 0.3) is 0 Å². The second-order valence-electron chi connectivity index (χ2n) is 6.25. The lowest BCUT2D eigenvalue weighted by molar-refractivity contribution is -0.120. The van der Waals surface area contributed by atoms with Crippen LogP contribution in [0, 0.1) is 0 Å². The Morgan fingerprint density at radius 3 is 2.54 bits per heavy atom. The topological polar surface area (TPSA) is 85.4 Å². The number of rotatable bonds is 8. The molecule has 0 unspecified atom stereocenters. The molecule has 2 aromatic carbocycles. The lowest BCUT2D eigenvalue weighted by Gasteiger charge is -2.05. The van der Waals surface area contributed by atoms with E-state index >= 15 is 0 Å². The van der Waals surface area contributed by atoms with Crippen molar-refractivity contribution in [1.29, 1.82) is 0 Å². The Hall–Kier alpha value is -3.35. The first kappa shape index (κ1) is 19.4. The molecule has 7 nitrogen and oxygen atoms in total. The SMILES string of the molecule is CCCCn1c(O)c(N=NC(=O)COc2ccc(OC)cc2)c2ccccc21. The van der Waals surface area contributed by atoms with E-state index in [0.29, 0.717) is 23.7 Å². The fourth-order valence-corrected chi connectivity index (χ4v) is 2.86. The van der Waals surface area contributed by atoms with Crippen LogP contribution in [0.3, 0.4) is 0 Å². The summed E-state index contributed by atoms with van der Waals surface area (Å²) in [6, 6.07) is 14.4. The fourth-order valence-electron chi connectivity index (χ4n) is 2.86. The third kappa shape index (κ3) is 4.31. The lowest BCUT2D eigenvalue weighted by atomic mass is 10.2. The molecule has 0 aliphatic carbocycles. The van der Waals surface area contributed by atoms with E-state index in [0.717, 1.165) is 23.7 Å². The van der Waals surface area contributed by atoms with Crippen LogP contribution in [0.5, 0.6) is 17.4 Å². The van der Waals surface area contributed by atoms with Gasteiger partial charge < -0.3 is 19.1 Å². The fraction of sp³-hybridized carbons (Fsp3) is 0.286. The molecule has 28 heavy (non-hydrogen) atoms. The molecule has 1 N–H and O–H groups in total. The Morgan fingerprint density at radius 2 is 1.82 bits per heavy atom. The van der Waals surface area contributed by atoms with Gasteiger partial charge in [0.1, 0.15) is 11.5 Å². The van der Waals surface area contributed by atoms with Crippen molar-refractivity contribution in [1.82, 2.24) is 4.57 Å². The summed E-state index contributed by atoms with van der Waals surface area (Å²) in [5.74, 6) is 0.708. The van der Waals surface area contributed by atoms with E-state index in [9.17, 15) is 9.90 Å². The molecule has 0 saturated heterocycles. The number of fused-ring (bicyclic) bond motifs is 1. The molecule has 3 aromatic rings. The lowest BCUT2D eigenvalue weighted by Crippen LogP contribution is -2.07. The summed E-state index contributed by atoms with van der Waals surface area (Å²) < 4.78 is 12.3.